The lowest BCUT2D eigenvalue weighted by Crippen LogP contribution is -2.48. The van der Waals surface area contributed by atoms with Crippen LogP contribution in [0, 0.1) is 5.41 Å². The highest BCUT2D eigenvalue weighted by Gasteiger charge is 2.55. The van der Waals surface area contributed by atoms with Gasteiger partial charge in [0.2, 0.25) is 11.9 Å². The van der Waals surface area contributed by atoms with Crippen molar-refractivity contribution >= 4 is 40.9 Å². The van der Waals surface area contributed by atoms with Crippen molar-refractivity contribution in [3.05, 3.63) is 27.6 Å². The summed E-state index contributed by atoms with van der Waals surface area (Å²) in [7, 11) is 1.61. The highest BCUT2D eigenvalue weighted by molar-refractivity contribution is 7.99. The number of pyridine rings is 1. The zero-order valence-electron chi connectivity index (χ0n) is 16.9. The Morgan fingerprint density at radius 3 is 2.55 bits per heavy atom. The third-order valence-electron chi connectivity index (χ3n) is 6.30. The second-order valence-electron chi connectivity index (χ2n) is 8.29. The molecule has 4 rings (SSSR count). The molecule has 8 nitrogen and oxygen atoms in total. The van der Waals surface area contributed by atoms with E-state index in [4.69, 9.17) is 28.8 Å². The lowest BCUT2D eigenvalue weighted by atomic mass is 9.74. The second kappa shape index (κ2) is 7.79. The van der Waals surface area contributed by atoms with Gasteiger partial charge in [-0.2, -0.15) is 4.98 Å². The van der Waals surface area contributed by atoms with E-state index in [9.17, 15) is 13.6 Å². The summed E-state index contributed by atoms with van der Waals surface area (Å²) in [5.41, 5.74) is 17.0. The summed E-state index contributed by atoms with van der Waals surface area (Å²) >= 11 is 7.26. The van der Waals surface area contributed by atoms with Crippen LogP contribution in [0.15, 0.2) is 26.8 Å². The maximum absolute atomic E-state index is 13.9. The maximum atomic E-state index is 13.9. The van der Waals surface area contributed by atoms with E-state index >= 15 is 0 Å². The van der Waals surface area contributed by atoms with Crippen molar-refractivity contribution in [3.8, 4) is 0 Å². The molecule has 2 fully saturated rings. The molecule has 6 N–H and O–H groups in total. The molecule has 2 aromatic heterocycles. The molecule has 0 aromatic carbocycles. The predicted octanol–water partition coefficient (Wildman–Crippen LogP) is 2.49. The minimum Gasteiger partial charge on any atom is -0.382 e. The molecule has 12 heteroatoms. The third-order valence-corrected chi connectivity index (χ3v) is 7.96. The first-order chi connectivity index (χ1) is 14.5. The van der Waals surface area contributed by atoms with Gasteiger partial charge < -0.3 is 22.1 Å². The minimum absolute atomic E-state index is 0.0685. The first-order valence-corrected chi connectivity index (χ1v) is 11.1. The van der Waals surface area contributed by atoms with Crippen LogP contribution < -0.4 is 27.7 Å². The van der Waals surface area contributed by atoms with Gasteiger partial charge in [0.25, 0.3) is 5.56 Å². The van der Waals surface area contributed by atoms with Crippen LogP contribution in [-0.4, -0.2) is 39.6 Å². The van der Waals surface area contributed by atoms with Crippen LogP contribution in [-0.2, 0) is 7.05 Å². The Balaban J connectivity index is 1.57. The number of nitrogens with zero attached hydrogens (tertiary/aromatic N) is 4. The molecule has 1 saturated heterocycles. The monoisotopic (exact) mass is 471 g/mol. The standard InChI is InChI=1S/C19H24ClF2N7OS/c1-28-16(30)13(31-10-2-5-26-14(24)12(10)20)15(25)27-17(28)29-6-3-18(4-7-29)9-19(21,22)8-11(18)23/h2,5,11H,3-4,6-9,23,25H2,1H3,(H2,24,26). The normalized spacial score (nSPS) is 22.2. The summed E-state index contributed by atoms with van der Waals surface area (Å²) in [6.07, 6.45) is 2.07. The number of anilines is 3. The minimum atomic E-state index is -2.71. The average molecular weight is 472 g/mol. The molecule has 168 valence electrons. The van der Waals surface area contributed by atoms with Crippen LogP contribution in [0.5, 0.6) is 0 Å². The number of halogens is 3. The summed E-state index contributed by atoms with van der Waals surface area (Å²) < 4.78 is 29.2. The molecule has 2 aliphatic rings. The Morgan fingerprint density at radius 1 is 1.26 bits per heavy atom. The molecule has 1 spiro atoms. The fraction of sp³-hybridized carbons (Fsp3) is 0.526. The summed E-state index contributed by atoms with van der Waals surface area (Å²) in [6, 6.07) is 1.11. The van der Waals surface area contributed by atoms with Gasteiger partial charge in [-0.25, -0.2) is 13.8 Å². The summed E-state index contributed by atoms with van der Waals surface area (Å²) in [4.78, 5) is 24.0. The number of piperidine rings is 1. The van der Waals surface area contributed by atoms with E-state index in [-0.39, 0.29) is 40.0 Å². The zero-order valence-corrected chi connectivity index (χ0v) is 18.5. The summed E-state index contributed by atoms with van der Waals surface area (Å²) in [5, 5.41) is 0.240. The van der Waals surface area contributed by atoms with E-state index in [2.05, 4.69) is 9.97 Å². The van der Waals surface area contributed by atoms with E-state index < -0.39 is 17.4 Å². The Labute approximate surface area is 187 Å². The van der Waals surface area contributed by atoms with Crippen LogP contribution in [0.3, 0.4) is 0 Å². The van der Waals surface area contributed by atoms with Crippen LogP contribution in [0.4, 0.5) is 26.4 Å². The first kappa shape index (κ1) is 22.1. The van der Waals surface area contributed by atoms with Crippen LogP contribution in [0.2, 0.25) is 5.02 Å². The molecule has 1 aliphatic heterocycles. The van der Waals surface area contributed by atoms with Crippen molar-refractivity contribution in [1.82, 2.24) is 14.5 Å². The van der Waals surface area contributed by atoms with Gasteiger partial charge in [0, 0.05) is 50.1 Å². The van der Waals surface area contributed by atoms with Gasteiger partial charge in [0.15, 0.2) is 0 Å². The molecule has 3 heterocycles. The van der Waals surface area contributed by atoms with Crippen molar-refractivity contribution in [3.63, 3.8) is 0 Å². The number of aromatic nitrogens is 3. The quantitative estimate of drug-likeness (QED) is 0.622. The molecule has 2 aromatic rings. The van der Waals surface area contributed by atoms with Crippen molar-refractivity contribution < 1.29 is 8.78 Å². The van der Waals surface area contributed by atoms with Gasteiger partial charge in [0.1, 0.15) is 16.5 Å². The van der Waals surface area contributed by atoms with Crippen molar-refractivity contribution in [2.75, 3.05) is 29.5 Å². The topological polar surface area (TPSA) is 129 Å². The summed E-state index contributed by atoms with van der Waals surface area (Å²) in [5.74, 6) is -2.09. The van der Waals surface area contributed by atoms with Crippen LogP contribution in [0.1, 0.15) is 25.7 Å². The second-order valence-corrected chi connectivity index (χ2v) is 9.72. The number of hydrogen-bond acceptors (Lipinski definition) is 8. The SMILES string of the molecule is Cn1c(N2CCC3(CC2)CC(F)(F)CC3N)nc(N)c(Sc2ccnc(N)c2Cl)c1=O. The van der Waals surface area contributed by atoms with Gasteiger partial charge in [-0.3, -0.25) is 9.36 Å². The van der Waals surface area contributed by atoms with Crippen LogP contribution in [0.25, 0.3) is 0 Å². The molecular formula is C19H24ClF2N7OS. The van der Waals surface area contributed by atoms with Crippen molar-refractivity contribution in [2.24, 2.45) is 18.2 Å². The number of nitrogen functional groups attached to an aromatic ring is 2. The fourth-order valence-electron chi connectivity index (χ4n) is 4.55. The van der Waals surface area contributed by atoms with E-state index in [0.29, 0.717) is 36.8 Å². The van der Waals surface area contributed by atoms with E-state index in [0.717, 1.165) is 11.8 Å². The Morgan fingerprint density at radius 2 is 1.94 bits per heavy atom. The van der Waals surface area contributed by atoms with Crippen molar-refractivity contribution in [1.29, 1.82) is 0 Å². The third kappa shape index (κ3) is 3.94. The van der Waals surface area contributed by atoms with Gasteiger partial charge in [-0.05, 0) is 24.3 Å². The predicted molar refractivity (Wildman–Crippen MR) is 118 cm³/mol. The highest BCUT2D eigenvalue weighted by Crippen LogP contribution is 2.52. The number of alkyl halides is 2. The zero-order chi connectivity index (χ0) is 22.6. The molecule has 1 aliphatic carbocycles. The molecule has 0 amide bonds. The molecular weight excluding hydrogens is 448 g/mol. The van der Waals surface area contributed by atoms with Gasteiger partial charge in [-0.1, -0.05) is 23.4 Å². The largest absolute Gasteiger partial charge is 0.382 e. The molecule has 1 saturated carbocycles. The molecule has 0 radical (unpaired) electrons. The lowest BCUT2D eigenvalue weighted by molar-refractivity contribution is -0.00686. The molecule has 0 bridgehead atoms. The fourth-order valence-corrected chi connectivity index (χ4v) is 5.70. The van der Waals surface area contributed by atoms with Crippen LogP contribution >= 0.6 is 23.4 Å². The first-order valence-electron chi connectivity index (χ1n) is 9.86. The summed E-state index contributed by atoms with van der Waals surface area (Å²) in [6.45, 7) is 0.950. The van der Waals surface area contributed by atoms with E-state index in [1.807, 2.05) is 4.90 Å². The lowest BCUT2D eigenvalue weighted by Gasteiger charge is -2.42. The molecule has 1 unspecified atom stereocenters. The number of hydrogen-bond donors (Lipinski definition) is 3. The van der Waals surface area contributed by atoms with Gasteiger partial charge >= 0.3 is 0 Å². The maximum Gasteiger partial charge on any atom is 0.270 e. The van der Waals surface area contributed by atoms with E-state index in [1.54, 1.807) is 13.1 Å². The molecule has 31 heavy (non-hydrogen) atoms. The Kier molecular flexibility index (Phi) is 5.55. The van der Waals surface area contributed by atoms with E-state index in [1.165, 1.54) is 10.8 Å². The highest BCUT2D eigenvalue weighted by atomic mass is 35.5. The Bertz CT molecular complexity index is 1070. The van der Waals surface area contributed by atoms with Gasteiger partial charge in [0.05, 0.1) is 5.02 Å². The number of nitrogens with two attached hydrogens (primary N) is 3. The smallest absolute Gasteiger partial charge is 0.270 e. The Hall–Kier alpha value is -2.11. The molecule has 1 atom stereocenters. The van der Waals surface area contributed by atoms with Gasteiger partial charge in [-0.15, -0.1) is 0 Å². The number of rotatable bonds is 3. The average Bonchev–Trinajstić information content (AvgIpc) is 2.93. The van der Waals surface area contributed by atoms with Crippen molar-refractivity contribution in [2.45, 2.75) is 47.4 Å².